The second kappa shape index (κ2) is 9.47. The molecule has 156 valence electrons. The molecule has 0 radical (unpaired) electrons. The van der Waals surface area contributed by atoms with Crippen LogP contribution in [0, 0.1) is 5.92 Å². The summed E-state index contributed by atoms with van der Waals surface area (Å²) in [5.74, 6) is 1.74. The van der Waals surface area contributed by atoms with E-state index < -0.39 is 5.60 Å². The minimum atomic E-state index is -1.02. The quantitative estimate of drug-likeness (QED) is 0.718. The first-order valence-corrected chi connectivity index (χ1v) is 10.3. The summed E-state index contributed by atoms with van der Waals surface area (Å²) >= 11 is 0. The predicted molar refractivity (Wildman–Crippen MR) is 118 cm³/mol. The van der Waals surface area contributed by atoms with Gasteiger partial charge in [0.1, 0.15) is 17.1 Å². The summed E-state index contributed by atoms with van der Waals surface area (Å²) in [6, 6.07) is 15.9. The van der Waals surface area contributed by atoms with E-state index in [0.717, 1.165) is 60.4 Å². The van der Waals surface area contributed by atoms with Crippen LogP contribution in [0.3, 0.4) is 0 Å². The molecule has 4 nitrogen and oxygen atoms in total. The van der Waals surface area contributed by atoms with E-state index in [0.29, 0.717) is 0 Å². The van der Waals surface area contributed by atoms with Gasteiger partial charge in [-0.05, 0) is 74.3 Å². The van der Waals surface area contributed by atoms with Gasteiger partial charge < -0.3 is 19.5 Å². The molecule has 2 aromatic carbocycles. The van der Waals surface area contributed by atoms with Crippen molar-refractivity contribution in [2.24, 2.45) is 5.92 Å². The van der Waals surface area contributed by atoms with E-state index in [4.69, 9.17) is 9.47 Å². The van der Waals surface area contributed by atoms with E-state index in [9.17, 15) is 5.11 Å². The fourth-order valence-electron chi connectivity index (χ4n) is 4.41. The van der Waals surface area contributed by atoms with Crippen molar-refractivity contribution in [3.8, 4) is 11.5 Å². The van der Waals surface area contributed by atoms with Gasteiger partial charge in [0.25, 0.3) is 0 Å². The Balaban J connectivity index is 2.12. The van der Waals surface area contributed by atoms with Crippen LogP contribution in [0.5, 0.6) is 11.5 Å². The van der Waals surface area contributed by atoms with E-state index in [-0.39, 0.29) is 5.92 Å². The van der Waals surface area contributed by atoms with Crippen molar-refractivity contribution in [1.82, 2.24) is 4.90 Å². The maximum absolute atomic E-state index is 12.3. The Hall–Kier alpha value is -2.30. The Bertz CT molecular complexity index is 828. The second-order valence-electron chi connectivity index (χ2n) is 8.15. The molecule has 2 aromatic rings. The Labute approximate surface area is 174 Å². The van der Waals surface area contributed by atoms with Crippen molar-refractivity contribution >= 4 is 6.08 Å². The first-order chi connectivity index (χ1) is 14.0. The normalized spacial score (nSPS) is 23.8. The highest BCUT2D eigenvalue weighted by molar-refractivity contribution is 5.58. The topological polar surface area (TPSA) is 41.9 Å². The number of benzene rings is 2. The summed E-state index contributed by atoms with van der Waals surface area (Å²) in [6.07, 6.45) is 6.23. The monoisotopic (exact) mass is 395 g/mol. The van der Waals surface area contributed by atoms with Crippen LogP contribution in [0.2, 0.25) is 0 Å². The SMILES string of the molecule is COc1ccc(C2(O)C(=Cc3cccc(OC)c3)CCCCC2CN(C)C)cc1. The van der Waals surface area contributed by atoms with Crippen molar-refractivity contribution in [3.63, 3.8) is 0 Å². The van der Waals surface area contributed by atoms with E-state index in [1.807, 2.05) is 42.5 Å². The van der Waals surface area contributed by atoms with Crippen LogP contribution in [0.4, 0.5) is 0 Å². The first-order valence-electron chi connectivity index (χ1n) is 10.3. The van der Waals surface area contributed by atoms with Crippen molar-refractivity contribution in [2.45, 2.75) is 31.3 Å². The summed E-state index contributed by atoms with van der Waals surface area (Å²) in [7, 11) is 7.49. The lowest BCUT2D eigenvalue weighted by atomic mass is 9.74. The van der Waals surface area contributed by atoms with E-state index >= 15 is 0 Å². The van der Waals surface area contributed by atoms with Gasteiger partial charge in [0.2, 0.25) is 0 Å². The number of nitrogens with zero attached hydrogens (tertiary/aromatic N) is 1. The number of ether oxygens (including phenoxy) is 2. The zero-order valence-electron chi connectivity index (χ0n) is 18.0. The van der Waals surface area contributed by atoms with Crippen LogP contribution < -0.4 is 9.47 Å². The average molecular weight is 396 g/mol. The molecular weight excluding hydrogens is 362 g/mol. The highest BCUT2D eigenvalue weighted by atomic mass is 16.5. The third kappa shape index (κ3) is 4.82. The van der Waals surface area contributed by atoms with E-state index in [2.05, 4.69) is 31.1 Å². The molecule has 2 atom stereocenters. The Morgan fingerprint density at radius 2 is 1.76 bits per heavy atom. The van der Waals surface area contributed by atoms with Crippen molar-refractivity contribution < 1.29 is 14.6 Å². The molecule has 1 saturated carbocycles. The third-order valence-corrected chi connectivity index (χ3v) is 5.88. The van der Waals surface area contributed by atoms with Gasteiger partial charge in [-0.25, -0.2) is 0 Å². The Morgan fingerprint density at radius 1 is 1.03 bits per heavy atom. The lowest BCUT2D eigenvalue weighted by Gasteiger charge is -2.39. The highest BCUT2D eigenvalue weighted by Crippen LogP contribution is 2.45. The summed E-state index contributed by atoms with van der Waals surface area (Å²) in [6.45, 7) is 0.831. The molecule has 0 aromatic heterocycles. The molecule has 0 heterocycles. The average Bonchev–Trinajstić information content (AvgIpc) is 2.88. The third-order valence-electron chi connectivity index (χ3n) is 5.88. The molecule has 1 aliphatic rings. The van der Waals surface area contributed by atoms with Gasteiger partial charge >= 0.3 is 0 Å². The summed E-state index contributed by atoms with van der Waals surface area (Å²) in [5, 5.41) is 12.3. The summed E-state index contributed by atoms with van der Waals surface area (Å²) in [5.41, 5.74) is 2.04. The van der Waals surface area contributed by atoms with Crippen LogP contribution in [-0.4, -0.2) is 44.9 Å². The largest absolute Gasteiger partial charge is 0.497 e. The number of methoxy groups -OCH3 is 2. The number of aliphatic hydroxyl groups is 1. The van der Waals surface area contributed by atoms with Crippen LogP contribution >= 0.6 is 0 Å². The molecule has 0 bridgehead atoms. The van der Waals surface area contributed by atoms with Crippen LogP contribution in [-0.2, 0) is 5.60 Å². The Kier molecular flexibility index (Phi) is 6.99. The molecule has 4 heteroatoms. The molecule has 1 aliphatic carbocycles. The first kappa shape index (κ1) is 21.4. The van der Waals surface area contributed by atoms with Gasteiger partial charge in [-0.3, -0.25) is 0 Å². The molecular formula is C25H33NO3. The van der Waals surface area contributed by atoms with Crippen LogP contribution in [0.25, 0.3) is 6.08 Å². The van der Waals surface area contributed by atoms with Gasteiger partial charge in [-0.15, -0.1) is 0 Å². The zero-order chi connectivity index (χ0) is 20.9. The minimum Gasteiger partial charge on any atom is -0.497 e. The van der Waals surface area contributed by atoms with Crippen molar-refractivity contribution in [2.75, 3.05) is 34.9 Å². The van der Waals surface area contributed by atoms with Crippen LogP contribution in [0.15, 0.2) is 54.1 Å². The molecule has 3 rings (SSSR count). The summed E-state index contributed by atoms with van der Waals surface area (Å²) < 4.78 is 10.7. The maximum Gasteiger partial charge on any atom is 0.119 e. The smallest absolute Gasteiger partial charge is 0.119 e. The lowest BCUT2D eigenvalue weighted by molar-refractivity contribution is 0.000457. The molecule has 0 amide bonds. The molecule has 0 aliphatic heterocycles. The predicted octanol–water partition coefficient (Wildman–Crippen LogP) is 4.73. The van der Waals surface area contributed by atoms with Gasteiger partial charge in [-0.1, -0.05) is 36.8 Å². The van der Waals surface area contributed by atoms with Gasteiger partial charge in [0.05, 0.1) is 14.2 Å². The van der Waals surface area contributed by atoms with Crippen LogP contribution in [0.1, 0.15) is 36.8 Å². The molecule has 1 N–H and O–H groups in total. The lowest BCUT2D eigenvalue weighted by Crippen LogP contribution is -2.41. The van der Waals surface area contributed by atoms with E-state index in [1.165, 1.54) is 0 Å². The Morgan fingerprint density at radius 3 is 2.41 bits per heavy atom. The molecule has 0 spiro atoms. The van der Waals surface area contributed by atoms with Gasteiger partial charge in [0, 0.05) is 12.5 Å². The molecule has 2 unspecified atom stereocenters. The van der Waals surface area contributed by atoms with E-state index in [1.54, 1.807) is 14.2 Å². The van der Waals surface area contributed by atoms with Gasteiger partial charge in [-0.2, -0.15) is 0 Å². The molecule has 1 fully saturated rings. The van der Waals surface area contributed by atoms with Gasteiger partial charge in [0.15, 0.2) is 0 Å². The number of hydrogen-bond donors (Lipinski definition) is 1. The summed E-state index contributed by atoms with van der Waals surface area (Å²) in [4.78, 5) is 2.17. The maximum atomic E-state index is 12.3. The fraction of sp³-hybridized carbons (Fsp3) is 0.440. The van der Waals surface area contributed by atoms with Crippen molar-refractivity contribution in [1.29, 1.82) is 0 Å². The van der Waals surface area contributed by atoms with Crippen molar-refractivity contribution in [3.05, 3.63) is 65.2 Å². The minimum absolute atomic E-state index is 0.116. The highest BCUT2D eigenvalue weighted by Gasteiger charge is 2.42. The number of rotatable bonds is 6. The fourth-order valence-corrected chi connectivity index (χ4v) is 4.41. The zero-order valence-corrected chi connectivity index (χ0v) is 18.0. The number of hydrogen-bond acceptors (Lipinski definition) is 4. The standard InChI is InChI=1S/C25H33NO3/c1-26(2)18-22-10-6-5-9-21(16-19-8-7-11-24(17-19)29-4)25(22,27)20-12-14-23(28-3)15-13-20/h7-8,11-17,22,27H,5-6,9-10,18H2,1-4H3. The second-order valence-corrected chi connectivity index (χ2v) is 8.15. The molecule has 29 heavy (non-hydrogen) atoms. The molecule has 0 saturated heterocycles.